The molecule has 0 fully saturated rings. The summed E-state index contributed by atoms with van der Waals surface area (Å²) in [6, 6.07) is 14.4. The van der Waals surface area contributed by atoms with Crippen LogP contribution in [0.3, 0.4) is 0 Å². The molecule has 2 atom stereocenters. The molecular weight excluding hydrogens is 364 g/mol. The Kier molecular flexibility index (Phi) is 5.59. The number of benzene rings is 2. The van der Waals surface area contributed by atoms with Crippen molar-refractivity contribution in [2.24, 2.45) is 0 Å². The predicted molar refractivity (Wildman–Crippen MR) is 107 cm³/mol. The zero-order valence-electron chi connectivity index (χ0n) is 15.1. The second-order valence-electron chi connectivity index (χ2n) is 6.14. The molecule has 27 heavy (non-hydrogen) atoms. The van der Waals surface area contributed by atoms with E-state index >= 15 is 0 Å². The topological polar surface area (TPSA) is 107 Å². The highest BCUT2D eigenvalue weighted by Crippen LogP contribution is 2.28. The van der Waals surface area contributed by atoms with Crippen LogP contribution >= 0.6 is 0 Å². The van der Waals surface area contributed by atoms with Crippen molar-refractivity contribution < 1.29 is 14.1 Å². The van der Waals surface area contributed by atoms with E-state index in [0.29, 0.717) is 4.90 Å². The van der Waals surface area contributed by atoms with E-state index in [2.05, 4.69) is 15.0 Å². The summed E-state index contributed by atoms with van der Waals surface area (Å²) >= 11 is 0. The molecule has 3 rings (SSSR count). The molecule has 1 unspecified atom stereocenters. The fourth-order valence-corrected chi connectivity index (χ4v) is 3.73. The van der Waals surface area contributed by atoms with E-state index < -0.39 is 16.0 Å². The molecule has 0 bridgehead atoms. The van der Waals surface area contributed by atoms with Gasteiger partial charge in [0, 0.05) is 35.6 Å². The first kappa shape index (κ1) is 19.1. The Hall–Kier alpha value is -2.68. The van der Waals surface area contributed by atoms with Gasteiger partial charge in [-0.3, -0.25) is 4.98 Å². The molecule has 7 nitrogen and oxygen atoms in total. The van der Waals surface area contributed by atoms with E-state index in [1.165, 1.54) is 0 Å². The number of rotatable bonds is 7. The molecule has 0 aliphatic heterocycles. The van der Waals surface area contributed by atoms with E-state index in [1.807, 2.05) is 24.3 Å². The lowest BCUT2D eigenvalue weighted by atomic mass is 10.1. The molecule has 0 saturated carbocycles. The van der Waals surface area contributed by atoms with Gasteiger partial charge in [0.15, 0.2) is 0 Å². The molecule has 8 heteroatoms. The van der Waals surface area contributed by atoms with Gasteiger partial charge in [0.25, 0.3) is 0 Å². The number of nitrogens with zero attached hydrogens (tertiary/aromatic N) is 1. The maximum atomic E-state index is 12.4. The maximum Gasteiger partial charge on any atom is 0.134 e. The first-order valence-electron chi connectivity index (χ1n) is 8.40. The lowest BCUT2D eigenvalue weighted by molar-refractivity contribution is 0.199. The van der Waals surface area contributed by atoms with E-state index in [-0.39, 0.29) is 6.54 Å². The molecule has 0 radical (unpaired) electrons. The Morgan fingerprint density at radius 2 is 1.96 bits per heavy atom. The summed E-state index contributed by atoms with van der Waals surface area (Å²) in [5.41, 5.74) is 2.49. The summed E-state index contributed by atoms with van der Waals surface area (Å²) in [5, 5.41) is 13.6. The number of nitrogens with one attached hydrogen (secondary N) is 3. The molecule has 0 aliphatic rings. The Balaban J connectivity index is 1.82. The third-order valence-corrected chi connectivity index (χ3v) is 5.51. The third-order valence-electron chi connectivity index (χ3n) is 4.00. The Morgan fingerprint density at radius 1 is 1.22 bits per heavy atom. The average molecular weight is 386 g/mol. The molecule has 1 aromatic heterocycles. The van der Waals surface area contributed by atoms with Crippen LogP contribution in [0.25, 0.3) is 10.9 Å². The molecule has 2 aromatic carbocycles. The van der Waals surface area contributed by atoms with Crippen molar-refractivity contribution in [2.75, 3.05) is 19.0 Å². The summed E-state index contributed by atoms with van der Waals surface area (Å²) in [6.07, 6.45) is 1.05. The quantitative estimate of drug-likeness (QED) is 0.498. The molecule has 0 spiro atoms. The lowest BCUT2D eigenvalue weighted by Crippen LogP contribution is -2.29. The van der Waals surface area contributed by atoms with Crippen molar-refractivity contribution in [1.82, 2.24) is 9.71 Å². The maximum absolute atomic E-state index is 12.4. The van der Waals surface area contributed by atoms with Gasteiger partial charge in [-0.15, -0.1) is 0 Å². The second-order valence-corrected chi connectivity index (χ2v) is 8.02. The molecule has 1 heterocycles. The molecule has 142 valence electrons. The SMILES string of the molecule is COc1ccc2c(Nc3ccc(S(=N)(=O)NC[C@H](C)O)cc3)ccnc2c1. The summed E-state index contributed by atoms with van der Waals surface area (Å²) in [5.74, 6) is 0.742. The first-order valence-corrected chi connectivity index (χ1v) is 9.96. The largest absolute Gasteiger partial charge is 0.497 e. The van der Waals surface area contributed by atoms with Gasteiger partial charge in [0.1, 0.15) is 15.7 Å². The normalized spacial score (nSPS) is 14.5. The van der Waals surface area contributed by atoms with Crippen molar-refractivity contribution >= 4 is 32.2 Å². The number of hydrogen-bond acceptors (Lipinski definition) is 6. The van der Waals surface area contributed by atoms with Gasteiger partial charge in [-0.25, -0.2) is 13.7 Å². The molecule has 3 aromatic rings. The van der Waals surface area contributed by atoms with E-state index in [9.17, 15) is 9.32 Å². The standard InChI is InChI=1S/C19H22N4O3S/c1-13(24)12-22-27(20,25)16-6-3-14(4-7-16)23-18-9-10-21-19-11-15(26-2)5-8-17(18)19/h3-11,13,24H,12H2,1-2H3,(H,21,23)(H2,20,22,25)/t13-,27?/m0/s1. The minimum atomic E-state index is -3.15. The Morgan fingerprint density at radius 3 is 2.63 bits per heavy atom. The highest BCUT2D eigenvalue weighted by atomic mass is 32.2. The van der Waals surface area contributed by atoms with Crippen LogP contribution in [-0.4, -0.2) is 34.1 Å². The number of fused-ring (bicyclic) bond motifs is 1. The molecular formula is C19H22N4O3S. The van der Waals surface area contributed by atoms with Crippen LogP contribution in [0.4, 0.5) is 11.4 Å². The van der Waals surface area contributed by atoms with Gasteiger partial charge in [-0.1, -0.05) is 0 Å². The fourth-order valence-electron chi connectivity index (χ4n) is 2.57. The molecule has 0 aliphatic carbocycles. The van der Waals surface area contributed by atoms with Crippen molar-refractivity contribution in [3.8, 4) is 5.75 Å². The van der Waals surface area contributed by atoms with Gasteiger partial charge < -0.3 is 15.2 Å². The Labute approximate surface area is 158 Å². The number of hydrogen-bond donors (Lipinski definition) is 4. The minimum absolute atomic E-state index is 0.0921. The summed E-state index contributed by atoms with van der Waals surface area (Å²) < 4.78 is 28.2. The zero-order chi connectivity index (χ0) is 19.4. The van der Waals surface area contributed by atoms with Crippen LogP contribution in [0, 0.1) is 4.78 Å². The number of aliphatic hydroxyl groups excluding tert-OH is 1. The number of pyridine rings is 1. The van der Waals surface area contributed by atoms with Gasteiger partial charge in [0.05, 0.1) is 23.6 Å². The van der Waals surface area contributed by atoms with Gasteiger partial charge in [-0.05, 0) is 49.4 Å². The zero-order valence-corrected chi connectivity index (χ0v) is 15.9. The lowest BCUT2D eigenvalue weighted by Gasteiger charge is -2.13. The van der Waals surface area contributed by atoms with E-state index in [4.69, 9.17) is 9.52 Å². The van der Waals surface area contributed by atoms with Crippen LogP contribution in [0.15, 0.2) is 59.6 Å². The summed E-state index contributed by atoms with van der Waals surface area (Å²) in [6.45, 7) is 1.67. The van der Waals surface area contributed by atoms with Crippen molar-refractivity contribution in [3.63, 3.8) is 0 Å². The fraction of sp³-hybridized carbons (Fsp3) is 0.211. The highest BCUT2D eigenvalue weighted by Gasteiger charge is 2.11. The Bertz CT molecular complexity index is 1030. The van der Waals surface area contributed by atoms with Gasteiger partial charge in [0.2, 0.25) is 0 Å². The smallest absolute Gasteiger partial charge is 0.134 e. The number of anilines is 2. The monoisotopic (exact) mass is 386 g/mol. The van der Waals surface area contributed by atoms with Crippen molar-refractivity contribution in [3.05, 3.63) is 54.7 Å². The first-order chi connectivity index (χ1) is 12.9. The molecule has 0 saturated heterocycles. The third kappa shape index (κ3) is 4.54. The molecule has 4 N–H and O–H groups in total. The van der Waals surface area contributed by atoms with Crippen molar-refractivity contribution in [1.29, 1.82) is 4.78 Å². The van der Waals surface area contributed by atoms with Crippen LogP contribution < -0.4 is 14.8 Å². The van der Waals surface area contributed by atoms with E-state index in [1.54, 1.807) is 44.5 Å². The van der Waals surface area contributed by atoms with E-state index in [0.717, 1.165) is 28.0 Å². The summed E-state index contributed by atoms with van der Waals surface area (Å²) in [4.78, 5) is 4.72. The predicted octanol–water partition coefficient (Wildman–Crippen LogP) is 3.28. The van der Waals surface area contributed by atoms with Gasteiger partial charge in [-0.2, -0.15) is 0 Å². The second kappa shape index (κ2) is 7.91. The minimum Gasteiger partial charge on any atom is -0.497 e. The van der Waals surface area contributed by atoms with Crippen LogP contribution in [0.5, 0.6) is 5.75 Å². The number of methoxy groups -OCH3 is 1. The summed E-state index contributed by atoms with van der Waals surface area (Å²) in [7, 11) is -1.53. The van der Waals surface area contributed by atoms with Crippen LogP contribution in [0.1, 0.15) is 6.92 Å². The number of aromatic nitrogens is 1. The van der Waals surface area contributed by atoms with Gasteiger partial charge >= 0.3 is 0 Å². The highest BCUT2D eigenvalue weighted by molar-refractivity contribution is 7.90. The average Bonchev–Trinajstić information content (AvgIpc) is 2.67. The molecule has 0 amide bonds. The van der Waals surface area contributed by atoms with Crippen molar-refractivity contribution in [2.45, 2.75) is 17.9 Å². The number of aliphatic hydroxyl groups is 1. The van der Waals surface area contributed by atoms with Crippen LogP contribution in [0.2, 0.25) is 0 Å². The van der Waals surface area contributed by atoms with Crippen LogP contribution in [-0.2, 0) is 9.92 Å². The number of ether oxygens (including phenoxy) is 1.